The zero-order valence-corrected chi connectivity index (χ0v) is 19.7. The van der Waals surface area contributed by atoms with Crippen LogP contribution in [0.25, 0.3) is 0 Å². The average Bonchev–Trinajstić information content (AvgIpc) is 2.89. The van der Waals surface area contributed by atoms with E-state index in [0.717, 1.165) is 0 Å². The van der Waals surface area contributed by atoms with Gasteiger partial charge in [0.05, 0.1) is 19.2 Å². The van der Waals surface area contributed by atoms with Crippen LogP contribution in [0.1, 0.15) is 10.4 Å². The number of ether oxygens (including phenoxy) is 3. The number of phenolic OH excluding ortho intramolecular Hbond substituents is 1. The number of anilines is 1. The average molecular weight is 511 g/mol. The molecular formula is C24H25N5O8. The van der Waals surface area contributed by atoms with Crippen LogP contribution in [-0.4, -0.2) is 71.0 Å². The Bertz CT molecular complexity index is 1210. The van der Waals surface area contributed by atoms with E-state index in [0.29, 0.717) is 24.0 Å². The van der Waals surface area contributed by atoms with E-state index in [1.807, 2.05) is 0 Å². The van der Waals surface area contributed by atoms with E-state index >= 15 is 0 Å². The number of aliphatic carboxylic acids is 1. The molecule has 0 saturated heterocycles. The maximum Gasteiger partial charge on any atom is 0.413 e. The van der Waals surface area contributed by atoms with Gasteiger partial charge in [-0.15, -0.1) is 0 Å². The molecule has 0 spiro atoms. The van der Waals surface area contributed by atoms with E-state index in [1.54, 1.807) is 30.6 Å². The Morgan fingerprint density at radius 3 is 2.32 bits per heavy atom. The summed E-state index contributed by atoms with van der Waals surface area (Å²) < 4.78 is 15.6. The number of amides is 2. The largest absolute Gasteiger partial charge is 0.507 e. The van der Waals surface area contributed by atoms with Gasteiger partial charge in [-0.05, 0) is 42.5 Å². The standard InChI is InChI=1S/C24H25N5O8/c1-35-15-3-5-16(6-4-15)37-24(34)29-19(22(32)33)14-28-21(31)18-8-7-17(13-20(18)30)36-12-11-27-23-25-9-2-10-26-23/h2-10,13,19,30H,11-12,14H2,1H3,(H,28,31)(H,29,34)(H,32,33)(H,25,26,27)/t19-/m0/s1. The minimum atomic E-state index is -1.49. The SMILES string of the molecule is COc1ccc(OC(=O)N[C@@H](CNC(=O)c2ccc(OCCNc3ncccn3)cc2O)C(=O)O)cc1. The number of nitrogens with zero attached hydrogens (tertiary/aromatic N) is 2. The van der Waals surface area contributed by atoms with E-state index in [-0.39, 0.29) is 23.7 Å². The first-order chi connectivity index (χ1) is 17.9. The number of phenols is 1. The highest BCUT2D eigenvalue weighted by molar-refractivity contribution is 5.97. The molecule has 37 heavy (non-hydrogen) atoms. The topological polar surface area (TPSA) is 181 Å². The third-order valence-corrected chi connectivity index (χ3v) is 4.76. The fraction of sp³-hybridized carbons (Fsp3) is 0.208. The maximum atomic E-state index is 12.5. The number of benzene rings is 2. The van der Waals surface area contributed by atoms with Gasteiger partial charge in [-0.25, -0.2) is 19.6 Å². The Balaban J connectivity index is 1.47. The lowest BCUT2D eigenvalue weighted by Gasteiger charge is -2.16. The van der Waals surface area contributed by atoms with Crippen LogP contribution in [-0.2, 0) is 4.79 Å². The minimum absolute atomic E-state index is 0.104. The van der Waals surface area contributed by atoms with Gasteiger partial charge >= 0.3 is 12.1 Å². The Kier molecular flexibility index (Phi) is 9.42. The molecule has 0 aliphatic carbocycles. The second-order valence-corrected chi connectivity index (χ2v) is 7.34. The number of nitrogens with one attached hydrogen (secondary N) is 3. The molecule has 13 heteroatoms. The fourth-order valence-corrected chi connectivity index (χ4v) is 2.93. The molecule has 2 amide bonds. The summed E-state index contributed by atoms with van der Waals surface area (Å²) in [6, 6.07) is 10.3. The van der Waals surface area contributed by atoms with Crippen molar-refractivity contribution in [3.05, 3.63) is 66.5 Å². The molecule has 1 heterocycles. The number of carbonyl (C=O) groups excluding carboxylic acids is 2. The van der Waals surface area contributed by atoms with Gasteiger partial charge in [-0.1, -0.05) is 0 Å². The number of carboxylic acid groups (broad SMARTS) is 1. The third-order valence-electron chi connectivity index (χ3n) is 4.76. The summed E-state index contributed by atoms with van der Waals surface area (Å²) in [5.41, 5.74) is -0.104. The van der Waals surface area contributed by atoms with E-state index in [1.165, 1.54) is 37.4 Å². The Hall–Kier alpha value is -5.07. The molecule has 1 aromatic heterocycles. The predicted octanol–water partition coefficient (Wildman–Crippen LogP) is 1.65. The second kappa shape index (κ2) is 13.1. The van der Waals surface area contributed by atoms with Crippen molar-refractivity contribution < 1.29 is 38.8 Å². The van der Waals surface area contributed by atoms with Crippen molar-refractivity contribution in [3.8, 4) is 23.0 Å². The summed E-state index contributed by atoms with van der Waals surface area (Å²) >= 11 is 0. The summed E-state index contributed by atoms with van der Waals surface area (Å²) in [6.07, 6.45) is 2.17. The van der Waals surface area contributed by atoms with Gasteiger partial charge < -0.3 is 40.4 Å². The first-order valence-electron chi connectivity index (χ1n) is 11.0. The lowest BCUT2D eigenvalue weighted by molar-refractivity contribution is -0.139. The van der Waals surface area contributed by atoms with Crippen molar-refractivity contribution in [2.24, 2.45) is 0 Å². The van der Waals surface area contributed by atoms with Crippen LogP contribution < -0.4 is 30.2 Å². The third kappa shape index (κ3) is 8.28. The molecule has 0 bridgehead atoms. The Morgan fingerprint density at radius 2 is 1.68 bits per heavy atom. The second-order valence-electron chi connectivity index (χ2n) is 7.34. The van der Waals surface area contributed by atoms with Crippen molar-refractivity contribution in [1.82, 2.24) is 20.6 Å². The van der Waals surface area contributed by atoms with Gasteiger partial charge in [0.1, 0.15) is 35.6 Å². The number of rotatable bonds is 12. The van der Waals surface area contributed by atoms with Crippen LogP contribution in [0.2, 0.25) is 0 Å². The van der Waals surface area contributed by atoms with Gasteiger partial charge in [0.15, 0.2) is 0 Å². The Morgan fingerprint density at radius 1 is 1.00 bits per heavy atom. The van der Waals surface area contributed by atoms with Crippen LogP contribution in [0.4, 0.5) is 10.7 Å². The summed E-state index contributed by atoms with van der Waals surface area (Å²) in [5, 5.41) is 27.1. The van der Waals surface area contributed by atoms with Gasteiger partial charge in [0.25, 0.3) is 5.91 Å². The van der Waals surface area contributed by atoms with E-state index in [4.69, 9.17) is 14.2 Å². The van der Waals surface area contributed by atoms with Crippen LogP contribution in [0.3, 0.4) is 0 Å². The number of aromatic nitrogens is 2. The lowest BCUT2D eigenvalue weighted by atomic mass is 10.1. The molecule has 3 aromatic rings. The molecule has 5 N–H and O–H groups in total. The van der Waals surface area contributed by atoms with Gasteiger partial charge in [-0.3, -0.25) is 4.79 Å². The molecule has 0 fully saturated rings. The van der Waals surface area contributed by atoms with Crippen molar-refractivity contribution in [2.75, 3.05) is 32.1 Å². The number of hydrogen-bond acceptors (Lipinski definition) is 10. The van der Waals surface area contributed by atoms with Crippen molar-refractivity contribution in [3.63, 3.8) is 0 Å². The van der Waals surface area contributed by atoms with Gasteiger partial charge in [-0.2, -0.15) is 0 Å². The molecule has 194 valence electrons. The van der Waals surface area contributed by atoms with Gasteiger partial charge in [0, 0.05) is 25.0 Å². The van der Waals surface area contributed by atoms with Crippen LogP contribution in [0.15, 0.2) is 60.9 Å². The first-order valence-corrected chi connectivity index (χ1v) is 11.0. The molecule has 3 rings (SSSR count). The molecule has 13 nitrogen and oxygen atoms in total. The van der Waals surface area contributed by atoms with E-state index < -0.39 is 30.6 Å². The smallest absolute Gasteiger partial charge is 0.413 e. The fourth-order valence-electron chi connectivity index (χ4n) is 2.93. The van der Waals surface area contributed by atoms with Crippen molar-refractivity contribution >= 4 is 23.9 Å². The van der Waals surface area contributed by atoms with Crippen LogP contribution in [0.5, 0.6) is 23.0 Å². The highest BCUT2D eigenvalue weighted by Crippen LogP contribution is 2.23. The monoisotopic (exact) mass is 511 g/mol. The highest BCUT2D eigenvalue weighted by Gasteiger charge is 2.23. The molecular weight excluding hydrogens is 486 g/mol. The van der Waals surface area contributed by atoms with Crippen LogP contribution >= 0.6 is 0 Å². The number of aromatic hydroxyl groups is 1. The molecule has 0 aliphatic heterocycles. The zero-order chi connectivity index (χ0) is 26.6. The van der Waals surface area contributed by atoms with Crippen molar-refractivity contribution in [2.45, 2.75) is 6.04 Å². The molecule has 1 atom stereocenters. The number of carbonyl (C=O) groups is 3. The van der Waals surface area contributed by atoms with Gasteiger partial charge in [0.2, 0.25) is 5.95 Å². The molecule has 0 radical (unpaired) electrons. The first kappa shape index (κ1) is 26.5. The summed E-state index contributed by atoms with van der Waals surface area (Å²) in [5.74, 6) is -1.02. The van der Waals surface area contributed by atoms with E-state index in [2.05, 4.69) is 25.9 Å². The summed E-state index contributed by atoms with van der Waals surface area (Å²) in [6.45, 7) is 0.177. The number of carboxylic acids is 1. The molecule has 0 unspecified atom stereocenters. The lowest BCUT2D eigenvalue weighted by Crippen LogP contribution is -2.49. The van der Waals surface area contributed by atoms with E-state index in [9.17, 15) is 24.6 Å². The maximum absolute atomic E-state index is 12.5. The predicted molar refractivity (Wildman–Crippen MR) is 130 cm³/mol. The summed E-state index contributed by atoms with van der Waals surface area (Å²) in [7, 11) is 1.48. The summed E-state index contributed by atoms with van der Waals surface area (Å²) in [4.78, 5) is 44.1. The number of methoxy groups -OCH3 is 1. The molecule has 0 aliphatic rings. The van der Waals surface area contributed by atoms with Crippen molar-refractivity contribution in [1.29, 1.82) is 0 Å². The van der Waals surface area contributed by atoms with Crippen LogP contribution in [0, 0.1) is 0 Å². The molecule has 2 aromatic carbocycles. The molecule has 0 saturated carbocycles. The normalized spacial score (nSPS) is 11.1. The number of hydrogen-bond donors (Lipinski definition) is 5. The highest BCUT2D eigenvalue weighted by atomic mass is 16.6. The Labute approximate surface area is 211 Å². The quantitative estimate of drug-likeness (QED) is 0.223. The zero-order valence-electron chi connectivity index (χ0n) is 19.7. The minimum Gasteiger partial charge on any atom is -0.507 e.